The molecule has 0 fully saturated rings. The quantitative estimate of drug-likeness (QED) is 0.820. The zero-order valence-electron chi connectivity index (χ0n) is 11.7. The van der Waals surface area contributed by atoms with Crippen LogP contribution in [0.1, 0.15) is 42.6 Å². The van der Waals surface area contributed by atoms with Crippen LogP contribution in [0.15, 0.2) is 53.0 Å². The van der Waals surface area contributed by atoms with Crippen LogP contribution in [0.25, 0.3) is 0 Å². The first-order valence-electron chi connectivity index (χ1n) is 6.64. The summed E-state index contributed by atoms with van der Waals surface area (Å²) in [4.78, 5) is 0. The van der Waals surface area contributed by atoms with Crippen molar-refractivity contribution in [3.63, 3.8) is 0 Å². The highest BCUT2D eigenvalue weighted by atomic mass is 79.9. The molecule has 19 heavy (non-hydrogen) atoms. The zero-order chi connectivity index (χ0) is 13.8. The first kappa shape index (κ1) is 14.3. The molecule has 0 aliphatic heterocycles. The Morgan fingerprint density at radius 1 is 0.895 bits per heavy atom. The Morgan fingerprint density at radius 3 is 2.16 bits per heavy atom. The molecule has 0 saturated carbocycles. The van der Waals surface area contributed by atoms with Gasteiger partial charge in [0.2, 0.25) is 0 Å². The second-order valence-electron chi connectivity index (χ2n) is 5.08. The van der Waals surface area contributed by atoms with Crippen molar-refractivity contribution in [2.45, 2.75) is 32.9 Å². The van der Waals surface area contributed by atoms with Crippen molar-refractivity contribution in [1.82, 2.24) is 5.32 Å². The van der Waals surface area contributed by atoms with Crippen molar-refractivity contribution in [2.24, 2.45) is 0 Å². The average molecular weight is 318 g/mol. The molecule has 1 N–H and O–H groups in total. The largest absolute Gasteiger partial charge is 0.304 e. The molecular formula is C17H20BrN. The van der Waals surface area contributed by atoms with Crippen LogP contribution in [0, 0.1) is 6.92 Å². The molecule has 2 heteroatoms. The molecule has 0 spiro atoms. The van der Waals surface area contributed by atoms with Crippen LogP contribution in [-0.2, 0) is 0 Å². The molecule has 2 rings (SSSR count). The Hall–Kier alpha value is -1.12. The molecule has 2 atom stereocenters. The molecule has 1 unspecified atom stereocenters. The Balaban J connectivity index is 2.06. The molecule has 0 amide bonds. The van der Waals surface area contributed by atoms with Gasteiger partial charge in [-0.2, -0.15) is 0 Å². The fourth-order valence-electron chi connectivity index (χ4n) is 2.26. The first-order chi connectivity index (χ1) is 9.06. The second-order valence-corrected chi connectivity index (χ2v) is 5.99. The molecule has 0 aliphatic carbocycles. The topological polar surface area (TPSA) is 12.0 Å². The molecular weight excluding hydrogens is 298 g/mol. The summed E-state index contributed by atoms with van der Waals surface area (Å²) in [5.74, 6) is 0. The molecule has 0 radical (unpaired) electrons. The summed E-state index contributed by atoms with van der Waals surface area (Å²) in [5.41, 5.74) is 3.95. The maximum atomic E-state index is 3.64. The van der Waals surface area contributed by atoms with Crippen LogP contribution in [0.2, 0.25) is 0 Å². The van der Waals surface area contributed by atoms with Gasteiger partial charge in [0.05, 0.1) is 0 Å². The SMILES string of the molecule is Cc1cccc(C(C)N[C@@H](C)c2ccc(Br)cc2)c1. The number of hydrogen-bond donors (Lipinski definition) is 1. The normalized spacial score (nSPS) is 14.1. The van der Waals surface area contributed by atoms with E-state index in [0.717, 1.165) is 4.47 Å². The summed E-state index contributed by atoms with van der Waals surface area (Å²) in [6.07, 6.45) is 0. The highest BCUT2D eigenvalue weighted by molar-refractivity contribution is 9.10. The minimum atomic E-state index is 0.337. The van der Waals surface area contributed by atoms with Crippen molar-refractivity contribution < 1.29 is 0 Å². The molecule has 0 heterocycles. The second kappa shape index (κ2) is 6.36. The van der Waals surface area contributed by atoms with Crippen LogP contribution < -0.4 is 5.32 Å². The number of halogens is 1. The van der Waals surface area contributed by atoms with Gasteiger partial charge in [0, 0.05) is 16.6 Å². The molecule has 2 aromatic carbocycles. The van der Waals surface area contributed by atoms with Gasteiger partial charge in [0.1, 0.15) is 0 Å². The van der Waals surface area contributed by atoms with Gasteiger partial charge in [-0.25, -0.2) is 0 Å². The summed E-state index contributed by atoms with van der Waals surface area (Å²) in [6.45, 7) is 6.55. The van der Waals surface area contributed by atoms with Crippen molar-refractivity contribution in [3.8, 4) is 0 Å². The van der Waals surface area contributed by atoms with E-state index >= 15 is 0 Å². The lowest BCUT2D eigenvalue weighted by Crippen LogP contribution is -2.22. The van der Waals surface area contributed by atoms with E-state index in [2.05, 4.69) is 90.5 Å². The van der Waals surface area contributed by atoms with Gasteiger partial charge in [0.25, 0.3) is 0 Å². The average Bonchev–Trinajstić information content (AvgIpc) is 2.39. The number of nitrogens with one attached hydrogen (secondary N) is 1. The molecule has 2 aromatic rings. The van der Waals surface area contributed by atoms with E-state index in [1.165, 1.54) is 16.7 Å². The molecule has 1 nitrogen and oxygen atoms in total. The fraction of sp³-hybridized carbons (Fsp3) is 0.294. The van der Waals surface area contributed by atoms with Gasteiger partial charge >= 0.3 is 0 Å². The molecule has 0 saturated heterocycles. The summed E-state index contributed by atoms with van der Waals surface area (Å²) in [5, 5.41) is 3.64. The Bertz CT molecular complexity index is 533. The van der Waals surface area contributed by atoms with E-state index in [9.17, 15) is 0 Å². The van der Waals surface area contributed by atoms with Crippen LogP contribution in [-0.4, -0.2) is 0 Å². The Labute approximate surface area is 124 Å². The first-order valence-corrected chi connectivity index (χ1v) is 7.43. The molecule has 0 bridgehead atoms. The van der Waals surface area contributed by atoms with E-state index in [1.807, 2.05) is 0 Å². The lowest BCUT2D eigenvalue weighted by atomic mass is 10.0. The lowest BCUT2D eigenvalue weighted by Gasteiger charge is -2.21. The third-order valence-corrected chi connectivity index (χ3v) is 3.94. The zero-order valence-corrected chi connectivity index (χ0v) is 13.2. The summed E-state index contributed by atoms with van der Waals surface area (Å²) < 4.78 is 1.12. The molecule has 0 aromatic heterocycles. The van der Waals surface area contributed by atoms with E-state index in [0.29, 0.717) is 12.1 Å². The summed E-state index contributed by atoms with van der Waals surface area (Å²) in [6, 6.07) is 17.8. The van der Waals surface area contributed by atoms with E-state index in [1.54, 1.807) is 0 Å². The van der Waals surface area contributed by atoms with Gasteiger partial charge in [-0.15, -0.1) is 0 Å². The van der Waals surface area contributed by atoms with Crippen LogP contribution >= 0.6 is 15.9 Å². The predicted octanol–water partition coefficient (Wildman–Crippen LogP) is 5.17. The summed E-state index contributed by atoms with van der Waals surface area (Å²) in [7, 11) is 0. The van der Waals surface area contributed by atoms with Crippen molar-refractivity contribution >= 4 is 15.9 Å². The maximum Gasteiger partial charge on any atom is 0.0297 e. The number of rotatable bonds is 4. The number of aryl methyl sites for hydroxylation is 1. The van der Waals surface area contributed by atoms with Crippen molar-refractivity contribution in [1.29, 1.82) is 0 Å². The van der Waals surface area contributed by atoms with Gasteiger partial charge in [-0.1, -0.05) is 57.9 Å². The predicted molar refractivity (Wildman–Crippen MR) is 85.3 cm³/mol. The smallest absolute Gasteiger partial charge is 0.0297 e. The van der Waals surface area contributed by atoms with E-state index in [4.69, 9.17) is 0 Å². The van der Waals surface area contributed by atoms with Crippen molar-refractivity contribution in [2.75, 3.05) is 0 Å². The van der Waals surface area contributed by atoms with Crippen LogP contribution in [0.3, 0.4) is 0 Å². The Morgan fingerprint density at radius 2 is 1.53 bits per heavy atom. The minimum Gasteiger partial charge on any atom is -0.304 e. The highest BCUT2D eigenvalue weighted by Crippen LogP contribution is 2.21. The third kappa shape index (κ3) is 3.92. The van der Waals surface area contributed by atoms with Crippen LogP contribution in [0.4, 0.5) is 0 Å². The van der Waals surface area contributed by atoms with Gasteiger partial charge in [0.15, 0.2) is 0 Å². The van der Waals surface area contributed by atoms with Crippen molar-refractivity contribution in [3.05, 3.63) is 69.7 Å². The van der Waals surface area contributed by atoms with Gasteiger partial charge in [-0.05, 0) is 44.0 Å². The van der Waals surface area contributed by atoms with Gasteiger partial charge < -0.3 is 5.32 Å². The fourth-order valence-corrected chi connectivity index (χ4v) is 2.52. The van der Waals surface area contributed by atoms with Gasteiger partial charge in [-0.3, -0.25) is 0 Å². The van der Waals surface area contributed by atoms with Crippen LogP contribution in [0.5, 0.6) is 0 Å². The minimum absolute atomic E-state index is 0.337. The third-order valence-electron chi connectivity index (χ3n) is 3.41. The van der Waals surface area contributed by atoms with E-state index in [-0.39, 0.29) is 0 Å². The maximum absolute atomic E-state index is 3.64. The number of hydrogen-bond acceptors (Lipinski definition) is 1. The number of benzene rings is 2. The Kier molecular flexibility index (Phi) is 4.78. The van der Waals surface area contributed by atoms with E-state index < -0.39 is 0 Å². The monoisotopic (exact) mass is 317 g/mol. The standard InChI is InChI=1S/C17H20BrN/c1-12-5-4-6-16(11-12)14(3)19-13(2)15-7-9-17(18)10-8-15/h4-11,13-14,19H,1-3H3/t13-,14?/m0/s1. The lowest BCUT2D eigenvalue weighted by molar-refractivity contribution is 0.494. The summed E-state index contributed by atoms with van der Waals surface area (Å²) >= 11 is 3.47. The highest BCUT2D eigenvalue weighted by Gasteiger charge is 2.11. The molecule has 100 valence electrons. The molecule has 0 aliphatic rings.